The summed E-state index contributed by atoms with van der Waals surface area (Å²) in [6.07, 6.45) is 3.03. The fraction of sp³-hybridized carbons (Fsp3) is 0.462. The van der Waals surface area contributed by atoms with Crippen LogP contribution in [-0.4, -0.2) is 20.4 Å². The normalized spacial score (nSPS) is 14.4. The van der Waals surface area contributed by atoms with Gasteiger partial charge in [0.25, 0.3) is 10.0 Å². The Morgan fingerprint density at radius 2 is 2.24 bits per heavy atom. The van der Waals surface area contributed by atoms with E-state index in [0.717, 1.165) is 25.0 Å². The predicted molar refractivity (Wildman–Crippen MR) is 81.2 cm³/mol. The Hall–Kier alpha value is -1.38. The molecule has 3 rings (SSSR count). The third kappa shape index (κ3) is 2.83. The molecule has 0 radical (unpaired) electrons. The van der Waals surface area contributed by atoms with Gasteiger partial charge < -0.3 is 9.73 Å². The molecule has 0 amide bonds. The largest absolute Gasteiger partial charge is 0.464 e. The first-order valence-electron chi connectivity index (χ1n) is 6.75. The van der Waals surface area contributed by atoms with Crippen LogP contribution in [0.3, 0.4) is 0 Å². The first-order valence-corrected chi connectivity index (χ1v) is 9.05. The fourth-order valence-corrected chi connectivity index (χ4v) is 4.95. The van der Waals surface area contributed by atoms with E-state index in [4.69, 9.17) is 4.42 Å². The summed E-state index contributed by atoms with van der Waals surface area (Å²) in [6.45, 7) is 2.14. The Morgan fingerprint density at radius 1 is 1.43 bits per heavy atom. The topological polar surface area (TPSA) is 84.2 Å². The molecule has 2 aromatic rings. The van der Waals surface area contributed by atoms with Gasteiger partial charge in [-0.05, 0) is 33.2 Å². The average Bonchev–Trinajstić information content (AvgIpc) is 3.04. The number of aryl methyl sites for hydroxylation is 3. The fourth-order valence-electron chi connectivity index (χ4n) is 2.46. The molecule has 0 spiro atoms. The molecular formula is C13H17N3O3S2. The molecule has 0 saturated heterocycles. The van der Waals surface area contributed by atoms with Crippen LogP contribution in [0.4, 0.5) is 5.13 Å². The Morgan fingerprint density at radius 3 is 2.95 bits per heavy atom. The Balaban J connectivity index is 1.86. The van der Waals surface area contributed by atoms with Crippen LogP contribution in [0.25, 0.3) is 0 Å². The molecule has 0 fully saturated rings. The van der Waals surface area contributed by atoms with Gasteiger partial charge in [0.05, 0.1) is 12.2 Å². The lowest BCUT2D eigenvalue weighted by Gasteiger charge is -2.03. The van der Waals surface area contributed by atoms with Crippen molar-refractivity contribution in [3.05, 3.63) is 28.2 Å². The van der Waals surface area contributed by atoms with Crippen LogP contribution < -0.4 is 10.0 Å². The molecular weight excluding hydrogens is 310 g/mol. The molecule has 0 saturated carbocycles. The number of sulfonamides is 1. The summed E-state index contributed by atoms with van der Waals surface area (Å²) in [7, 11) is -1.87. The highest BCUT2D eigenvalue weighted by molar-refractivity contribution is 7.93. The van der Waals surface area contributed by atoms with Crippen LogP contribution in [0.1, 0.15) is 28.5 Å². The zero-order chi connectivity index (χ0) is 15.0. The number of hydrogen-bond donors (Lipinski definition) is 2. The van der Waals surface area contributed by atoms with Crippen LogP contribution in [0, 0.1) is 6.92 Å². The van der Waals surface area contributed by atoms with Crippen LogP contribution in [0.15, 0.2) is 15.4 Å². The van der Waals surface area contributed by atoms with Gasteiger partial charge in [-0.15, -0.1) is 11.3 Å². The summed E-state index contributed by atoms with van der Waals surface area (Å²) in [6, 6.07) is 1.55. The number of fused-ring (bicyclic) bond motifs is 1. The highest BCUT2D eigenvalue weighted by atomic mass is 32.2. The first kappa shape index (κ1) is 14.6. The monoisotopic (exact) mass is 327 g/mol. The minimum absolute atomic E-state index is 0.170. The summed E-state index contributed by atoms with van der Waals surface area (Å²) in [5.74, 6) is 0.980. The van der Waals surface area contributed by atoms with Gasteiger partial charge in [-0.25, -0.2) is 13.4 Å². The number of nitrogens with one attached hydrogen (secondary N) is 2. The van der Waals surface area contributed by atoms with Gasteiger partial charge >= 0.3 is 0 Å². The number of hydrogen-bond acceptors (Lipinski definition) is 6. The minimum Gasteiger partial charge on any atom is -0.464 e. The van der Waals surface area contributed by atoms with Crippen molar-refractivity contribution < 1.29 is 12.8 Å². The molecule has 0 atom stereocenters. The Bertz CT molecular complexity index is 740. The van der Waals surface area contributed by atoms with Gasteiger partial charge in [-0.2, -0.15) is 0 Å². The van der Waals surface area contributed by atoms with E-state index < -0.39 is 10.0 Å². The van der Waals surface area contributed by atoms with Crippen molar-refractivity contribution in [3.8, 4) is 0 Å². The third-order valence-electron chi connectivity index (χ3n) is 3.38. The maximum atomic E-state index is 12.4. The Kier molecular flexibility index (Phi) is 3.76. The summed E-state index contributed by atoms with van der Waals surface area (Å²) >= 11 is 1.42. The van der Waals surface area contributed by atoms with Gasteiger partial charge in [0, 0.05) is 10.9 Å². The maximum absolute atomic E-state index is 12.4. The molecule has 8 heteroatoms. The number of furan rings is 1. The lowest BCUT2D eigenvalue weighted by atomic mass is 10.4. The number of nitrogens with zero attached hydrogens (tertiary/aromatic N) is 1. The quantitative estimate of drug-likeness (QED) is 0.878. The van der Waals surface area contributed by atoms with E-state index in [-0.39, 0.29) is 4.90 Å². The van der Waals surface area contributed by atoms with Crippen LogP contribution in [0.5, 0.6) is 0 Å². The van der Waals surface area contributed by atoms with Crippen LogP contribution in [0.2, 0.25) is 0 Å². The number of rotatable bonds is 5. The summed E-state index contributed by atoms with van der Waals surface area (Å²) in [4.78, 5) is 5.72. The van der Waals surface area contributed by atoms with E-state index in [0.29, 0.717) is 23.2 Å². The standard InChI is InChI=1S/C13H17N3O3S2/c1-8-12(6-9(19-8)7-14-2)21(17,18)16-13-15-10-4-3-5-11(10)20-13/h6,14H,3-5,7H2,1-2H3,(H,15,16). The van der Waals surface area contributed by atoms with Crippen molar-refractivity contribution in [2.75, 3.05) is 11.8 Å². The lowest BCUT2D eigenvalue weighted by molar-refractivity contribution is 0.466. The zero-order valence-corrected chi connectivity index (χ0v) is 13.5. The summed E-state index contributed by atoms with van der Waals surface area (Å²) < 4.78 is 32.9. The van der Waals surface area contributed by atoms with Gasteiger partial charge in [0.15, 0.2) is 5.13 Å². The number of aromatic nitrogens is 1. The SMILES string of the molecule is CNCc1cc(S(=O)(=O)Nc2nc3c(s2)CCC3)c(C)o1. The molecule has 2 heterocycles. The third-order valence-corrected chi connectivity index (χ3v) is 6.03. The smallest absolute Gasteiger partial charge is 0.267 e. The molecule has 0 aliphatic heterocycles. The van der Waals surface area contributed by atoms with Crippen molar-refractivity contribution in [1.82, 2.24) is 10.3 Å². The molecule has 2 N–H and O–H groups in total. The molecule has 0 aromatic carbocycles. The first-order chi connectivity index (χ1) is 9.99. The second-order valence-corrected chi connectivity index (χ2v) is 7.75. The molecule has 114 valence electrons. The molecule has 1 aliphatic carbocycles. The average molecular weight is 327 g/mol. The summed E-state index contributed by atoms with van der Waals surface area (Å²) in [5.41, 5.74) is 1.03. The van der Waals surface area contributed by atoms with Crippen molar-refractivity contribution in [2.45, 2.75) is 37.6 Å². The van der Waals surface area contributed by atoms with Crippen LogP contribution >= 0.6 is 11.3 Å². The van der Waals surface area contributed by atoms with E-state index in [2.05, 4.69) is 15.0 Å². The summed E-state index contributed by atoms with van der Waals surface area (Å²) in [5, 5.41) is 3.37. The van der Waals surface area contributed by atoms with Crippen LogP contribution in [-0.2, 0) is 29.4 Å². The van der Waals surface area contributed by atoms with E-state index in [9.17, 15) is 8.42 Å². The highest BCUT2D eigenvalue weighted by Crippen LogP contribution is 2.32. The van der Waals surface area contributed by atoms with Crippen molar-refractivity contribution in [1.29, 1.82) is 0 Å². The molecule has 2 aromatic heterocycles. The zero-order valence-electron chi connectivity index (χ0n) is 11.9. The van der Waals surface area contributed by atoms with Crippen molar-refractivity contribution in [2.24, 2.45) is 0 Å². The highest BCUT2D eigenvalue weighted by Gasteiger charge is 2.24. The second-order valence-electron chi connectivity index (χ2n) is 5.01. The maximum Gasteiger partial charge on any atom is 0.267 e. The lowest BCUT2D eigenvalue weighted by Crippen LogP contribution is -2.13. The number of thiazole rings is 1. The van der Waals surface area contributed by atoms with Gasteiger partial charge in [-0.3, -0.25) is 4.72 Å². The van der Waals surface area contributed by atoms with Gasteiger partial charge in [0.1, 0.15) is 16.4 Å². The minimum atomic E-state index is -3.65. The molecule has 21 heavy (non-hydrogen) atoms. The molecule has 0 unspecified atom stereocenters. The van der Waals surface area contributed by atoms with Crippen molar-refractivity contribution in [3.63, 3.8) is 0 Å². The van der Waals surface area contributed by atoms with E-state index in [1.54, 1.807) is 20.0 Å². The van der Waals surface area contributed by atoms with E-state index in [1.165, 1.54) is 16.2 Å². The number of anilines is 1. The molecule has 1 aliphatic rings. The Labute approximate surface area is 127 Å². The second kappa shape index (κ2) is 5.43. The van der Waals surface area contributed by atoms with Crippen molar-refractivity contribution >= 4 is 26.5 Å². The van der Waals surface area contributed by atoms with Gasteiger partial charge in [0.2, 0.25) is 0 Å². The van der Waals surface area contributed by atoms with Gasteiger partial charge in [-0.1, -0.05) is 0 Å². The molecule has 6 nitrogen and oxygen atoms in total. The predicted octanol–water partition coefficient (Wildman–Crippen LogP) is 2.05. The van der Waals surface area contributed by atoms with E-state index >= 15 is 0 Å². The van der Waals surface area contributed by atoms with E-state index in [1.807, 2.05) is 0 Å². The molecule has 0 bridgehead atoms.